The summed E-state index contributed by atoms with van der Waals surface area (Å²) < 4.78 is 93.1. The highest BCUT2D eigenvalue weighted by atomic mass is 31.2. The lowest BCUT2D eigenvalue weighted by Crippen LogP contribution is -2.66. The van der Waals surface area contributed by atoms with Crippen LogP contribution in [0.25, 0.3) is 0 Å². The van der Waals surface area contributed by atoms with Crippen LogP contribution < -0.4 is 0 Å². The molecule has 0 aliphatic heterocycles. The molecule has 0 bridgehead atoms. The van der Waals surface area contributed by atoms with Crippen LogP contribution in [0.3, 0.4) is 0 Å². The Morgan fingerprint density at radius 1 is 0.302 bits per heavy atom. The van der Waals surface area contributed by atoms with Gasteiger partial charge >= 0.3 is 76.8 Å². The summed E-state index contributed by atoms with van der Waals surface area (Å²) in [6.45, 7) is -2.74. The van der Waals surface area contributed by atoms with Crippen molar-refractivity contribution in [3.05, 3.63) is 0 Å². The predicted octanol–water partition coefficient (Wildman–Crippen LogP) is -5.82. The number of phosphoric acid groups is 6. The van der Waals surface area contributed by atoms with E-state index in [2.05, 4.69) is 27.1 Å². The van der Waals surface area contributed by atoms with Gasteiger partial charge in [-0.2, -0.15) is 0 Å². The Morgan fingerprint density at radius 2 is 0.429 bits per heavy atom. The minimum absolute atomic E-state index is 0.000836. The quantitative estimate of drug-likeness (QED) is 0.0325. The van der Waals surface area contributed by atoms with Gasteiger partial charge in [0.05, 0.1) is 32.7 Å². The van der Waals surface area contributed by atoms with Crippen molar-refractivity contribution in [1.29, 1.82) is 0 Å². The van der Waals surface area contributed by atoms with Crippen LogP contribution in [0, 0.1) is 0 Å². The maximum Gasteiger partial charge on any atom is 0.470 e. The molecule has 1 fully saturated rings. The zero-order chi connectivity index (χ0) is 49.7. The first kappa shape index (κ1) is 60.9. The van der Waals surface area contributed by atoms with Gasteiger partial charge < -0.3 is 84.3 Å². The summed E-state index contributed by atoms with van der Waals surface area (Å²) in [5.74, 6) is -6.16. The van der Waals surface area contributed by atoms with E-state index in [0.29, 0.717) is 0 Å². The van der Waals surface area contributed by atoms with Gasteiger partial charge in [-0.15, -0.1) is 0 Å². The zero-order valence-electron chi connectivity index (χ0n) is 30.9. The lowest BCUT2D eigenvalue weighted by Gasteiger charge is -2.48. The molecule has 1 aliphatic rings. The number of nitrogens with zero attached hydrogens (tertiary/aromatic N) is 3. The van der Waals surface area contributed by atoms with E-state index >= 15 is 0 Å². The Kier molecular flexibility index (Phi) is 24.3. The molecule has 37 nitrogen and oxygen atoms in total. The third kappa shape index (κ3) is 29.9. The number of rotatable bonds is 28. The van der Waals surface area contributed by atoms with Gasteiger partial charge in [0.25, 0.3) is 0 Å². The monoisotopic (exact) mass is 1050 g/mol. The summed E-state index contributed by atoms with van der Waals surface area (Å²) in [5.41, 5.74) is 0. The van der Waals surface area contributed by atoms with Gasteiger partial charge in [0.2, 0.25) is 0 Å². The fraction of sp³-hybridized carbons (Fsp3) is 0.750. The Morgan fingerprint density at radius 3 is 0.556 bits per heavy atom. The Hall–Kier alpha value is -2.11. The van der Waals surface area contributed by atoms with Crippen molar-refractivity contribution in [2.24, 2.45) is 0 Å². The van der Waals surface area contributed by atoms with Crippen LogP contribution in [-0.2, 0) is 78.5 Å². The second-order valence-corrected chi connectivity index (χ2v) is 19.2. The maximum atomic E-state index is 11.4. The summed E-state index contributed by atoms with van der Waals surface area (Å²) in [5, 5.41) is 44.1. The van der Waals surface area contributed by atoms with Crippen molar-refractivity contribution in [2.45, 2.75) is 36.6 Å². The van der Waals surface area contributed by atoms with Crippen molar-refractivity contribution in [1.82, 2.24) is 14.7 Å². The standard InChI is InChI=1S/C14H23N3O10.C6H18O24P6/c18-10(19)5-15(1-3-16(6-11(20)21)7-12(22)23)2-4-17(8-13(24)25)9-14(26)27;7-31(8,9)25-1-2(26-32(10,11)12)4(28-34(16,17)18)6(30-36(22,23)24)5(29-35(19,20)21)3(1)27-33(13,14)15/h1-9H2,(H,18,19)(H,20,21)(H,22,23)(H,24,25)(H,26,27);1-6H,(H2,7,8,9)(H2,10,11,12)(H2,13,14,15)(H2,16,17,18)(H2,19,20,21)(H2,22,23,24)/t;1-,2-,3-,4+,5-,6-. The molecule has 0 amide bonds. The van der Waals surface area contributed by atoms with E-state index in [-0.39, 0.29) is 26.2 Å². The Balaban J connectivity index is 0.00000127. The van der Waals surface area contributed by atoms with Gasteiger partial charge in [-0.05, 0) is 0 Å². The molecule has 370 valence electrons. The molecule has 63 heavy (non-hydrogen) atoms. The van der Waals surface area contributed by atoms with Gasteiger partial charge in [0, 0.05) is 26.2 Å². The minimum atomic E-state index is -6.02. The van der Waals surface area contributed by atoms with Crippen molar-refractivity contribution in [2.75, 3.05) is 58.9 Å². The molecule has 0 atom stereocenters. The smallest absolute Gasteiger partial charge is 0.470 e. The first-order valence-electron chi connectivity index (χ1n) is 15.8. The van der Waals surface area contributed by atoms with Gasteiger partial charge in [-0.25, -0.2) is 27.4 Å². The Bertz CT molecular complexity index is 1560. The Labute approximate surface area is 349 Å². The highest BCUT2D eigenvalue weighted by Crippen LogP contribution is 2.57. The largest absolute Gasteiger partial charge is 0.480 e. The molecule has 0 spiro atoms. The van der Waals surface area contributed by atoms with E-state index in [1.165, 1.54) is 4.90 Å². The van der Waals surface area contributed by atoms with Crippen molar-refractivity contribution < 1.29 is 163 Å². The van der Waals surface area contributed by atoms with E-state index < -0.39 is 146 Å². The fourth-order valence-electron chi connectivity index (χ4n) is 5.01. The third-order valence-corrected chi connectivity index (χ3v) is 9.86. The maximum absolute atomic E-state index is 11.4. The summed E-state index contributed by atoms with van der Waals surface area (Å²) in [6.07, 6.45) is -18.9. The van der Waals surface area contributed by atoms with E-state index in [0.717, 1.165) is 9.80 Å². The van der Waals surface area contributed by atoms with Gasteiger partial charge in [0.1, 0.15) is 36.6 Å². The molecule has 43 heteroatoms. The summed E-state index contributed by atoms with van der Waals surface area (Å²) in [6, 6.07) is 0. The third-order valence-electron chi connectivity index (χ3n) is 6.76. The van der Waals surface area contributed by atoms with Crippen molar-refractivity contribution >= 4 is 76.8 Å². The summed E-state index contributed by atoms with van der Waals surface area (Å²) >= 11 is 0. The molecule has 0 heterocycles. The second-order valence-electron chi connectivity index (χ2n) is 12.0. The molecular formula is C20H41N3O34P6. The number of carboxylic acids is 5. The highest BCUT2D eigenvalue weighted by molar-refractivity contribution is 7.47. The fourth-order valence-corrected chi connectivity index (χ4v) is 8.36. The average Bonchev–Trinajstić information content (AvgIpc) is 2.99. The number of hydrogen-bond donors (Lipinski definition) is 17. The van der Waals surface area contributed by atoms with Crippen LogP contribution in [0.5, 0.6) is 0 Å². The van der Waals surface area contributed by atoms with Gasteiger partial charge in [-0.1, -0.05) is 0 Å². The van der Waals surface area contributed by atoms with Crippen LogP contribution in [0.15, 0.2) is 0 Å². The normalized spacial score (nSPS) is 21.5. The van der Waals surface area contributed by atoms with Crippen molar-refractivity contribution in [3.8, 4) is 0 Å². The summed E-state index contributed by atoms with van der Waals surface area (Å²) in [7, 11) is -36.1. The van der Waals surface area contributed by atoms with Gasteiger partial charge in [0.15, 0.2) is 0 Å². The topological polar surface area (TPSA) is 597 Å². The number of aliphatic carboxylic acids is 5. The number of hydrogen-bond acceptors (Lipinski definition) is 20. The summed E-state index contributed by atoms with van der Waals surface area (Å²) in [4.78, 5) is 167. The van der Waals surface area contributed by atoms with Crippen LogP contribution >= 0.6 is 46.9 Å². The van der Waals surface area contributed by atoms with E-state index in [9.17, 15) is 51.4 Å². The molecule has 0 radical (unpaired) electrons. The average molecular weight is 1050 g/mol. The molecule has 0 aromatic carbocycles. The van der Waals surface area contributed by atoms with E-state index in [1.807, 2.05) is 0 Å². The first-order valence-corrected chi connectivity index (χ1v) is 24.9. The highest BCUT2D eigenvalue weighted by Gasteiger charge is 2.62. The molecule has 17 N–H and O–H groups in total. The second kappa shape index (κ2) is 25.1. The molecule has 1 saturated carbocycles. The molecule has 0 saturated heterocycles. The van der Waals surface area contributed by atoms with Crippen LogP contribution in [0.2, 0.25) is 0 Å². The zero-order valence-corrected chi connectivity index (χ0v) is 36.3. The van der Waals surface area contributed by atoms with Crippen LogP contribution in [0.4, 0.5) is 0 Å². The SMILES string of the molecule is O=C(O)CN(CCN(CC(=O)O)CC(=O)O)CCN(CC(=O)O)CC(=O)O.O=P(O)(O)O[C@H]1[C@H](OP(=O)(O)O)[C@@H](OP(=O)(O)O)[C@H](OP(=O)(O)O)[C@@H](OP(=O)(O)O)[C@H]1OP(=O)(O)O. The predicted molar refractivity (Wildman–Crippen MR) is 189 cm³/mol. The number of phosphoric ester groups is 6. The van der Waals surface area contributed by atoms with E-state index in [4.69, 9.17) is 84.3 Å². The van der Waals surface area contributed by atoms with Crippen LogP contribution in [-0.4, -0.2) is 224 Å². The molecule has 0 aromatic heterocycles. The van der Waals surface area contributed by atoms with Gasteiger partial charge in [-0.3, -0.25) is 65.8 Å². The lowest BCUT2D eigenvalue weighted by molar-refractivity contribution is -0.202. The molecule has 0 unspecified atom stereocenters. The van der Waals surface area contributed by atoms with Crippen molar-refractivity contribution in [3.63, 3.8) is 0 Å². The lowest BCUT2D eigenvalue weighted by atomic mass is 9.85. The first-order chi connectivity index (χ1) is 28.1. The number of carbonyl (C=O) groups is 5. The minimum Gasteiger partial charge on any atom is -0.480 e. The molecule has 0 aromatic rings. The van der Waals surface area contributed by atoms with E-state index in [1.54, 1.807) is 0 Å². The molecule has 1 aliphatic carbocycles. The number of carboxylic acid groups (broad SMARTS) is 5. The molecule has 1 rings (SSSR count). The molecular weight excluding hydrogens is 1010 g/mol. The van der Waals surface area contributed by atoms with Crippen LogP contribution in [0.1, 0.15) is 0 Å².